The maximum absolute atomic E-state index is 13.1. The van der Waals surface area contributed by atoms with Crippen molar-refractivity contribution in [1.29, 1.82) is 0 Å². The first kappa shape index (κ1) is 18.3. The van der Waals surface area contributed by atoms with Gasteiger partial charge in [-0.2, -0.15) is 5.10 Å². The van der Waals surface area contributed by atoms with Gasteiger partial charge in [0, 0.05) is 31.4 Å². The van der Waals surface area contributed by atoms with Crippen LogP contribution in [-0.4, -0.2) is 48.4 Å². The number of methoxy groups -OCH3 is 2. The smallest absolute Gasteiger partial charge is 0.273 e. The van der Waals surface area contributed by atoms with Crippen LogP contribution < -0.4 is 4.74 Å². The summed E-state index contributed by atoms with van der Waals surface area (Å²) in [5.41, 5.74) is 4.25. The van der Waals surface area contributed by atoms with Crippen LogP contribution in [0.3, 0.4) is 0 Å². The number of hydrogen-bond acceptors (Lipinski definition) is 4. The number of nitrogens with one attached hydrogen (secondary N) is 1. The van der Waals surface area contributed by atoms with Gasteiger partial charge in [0.25, 0.3) is 5.91 Å². The van der Waals surface area contributed by atoms with E-state index in [1.54, 1.807) is 14.2 Å². The summed E-state index contributed by atoms with van der Waals surface area (Å²) in [5.74, 6) is 0.730. The first-order valence-corrected chi connectivity index (χ1v) is 9.32. The molecule has 0 saturated heterocycles. The molecule has 0 fully saturated rings. The van der Waals surface area contributed by atoms with Crippen LogP contribution in [0.5, 0.6) is 5.75 Å². The molecule has 4 rings (SSSR count). The number of benzene rings is 2. The van der Waals surface area contributed by atoms with E-state index in [9.17, 15) is 4.79 Å². The summed E-state index contributed by atoms with van der Waals surface area (Å²) < 4.78 is 10.5. The van der Waals surface area contributed by atoms with E-state index in [1.165, 1.54) is 0 Å². The van der Waals surface area contributed by atoms with Crippen molar-refractivity contribution >= 4 is 5.91 Å². The number of carbonyl (C=O) groups is 1. The SMILES string of the molecule is COCCCN1C(=O)c2[nH]nc(-c3cccc(OC)c3)c2[C@H]1c1ccccc1. The highest BCUT2D eigenvalue weighted by molar-refractivity contribution is 6.00. The summed E-state index contributed by atoms with van der Waals surface area (Å²) in [5, 5.41) is 7.47. The van der Waals surface area contributed by atoms with Gasteiger partial charge in [-0.3, -0.25) is 9.89 Å². The normalized spacial score (nSPS) is 15.7. The van der Waals surface area contributed by atoms with E-state index in [0.29, 0.717) is 18.8 Å². The third kappa shape index (κ3) is 3.16. The molecule has 28 heavy (non-hydrogen) atoms. The molecule has 144 valence electrons. The van der Waals surface area contributed by atoms with Crippen LogP contribution in [0, 0.1) is 0 Å². The van der Waals surface area contributed by atoms with Crippen molar-refractivity contribution in [3.63, 3.8) is 0 Å². The third-order valence-corrected chi connectivity index (χ3v) is 5.07. The Balaban J connectivity index is 1.81. The van der Waals surface area contributed by atoms with Crippen molar-refractivity contribution < 1.29 is 14.3 Å². The minimum atomic E-state index is -0.180. The average molecular weight is 377 g/mol. The molecule has 0 aliphatic carbocycles. The lowest BCUT2D eigenvalue weighted by atomic mass is 9.96. The highest BCUT2D eigenvalue weighted by Gasteiger charge is 2.41. The van der Waals surface area contributed by atoms with Crippen LogP contribution >= 0.6 is 0 Å². The van der Waals surface area contributed by atoms with Crippen LogP contribution in [0.25, 0.3) is 11.3 Å². The molecule has 2 heterocycles. The highest BCUT2D eigenvalue weighted by atomic mass is 16.5. The number of aromatic nitrogens is 2. The van der Waals surface area contributed by atoms with Gasteiger partial charge in [-0.15, -0.1) is 0 Å². The van der Waals surface area contributed by atoms with Crippen molar-refractivity contribution in [2.24, 2.45) is 0 Å². The van der Waals surface area contributed by atoms with Gasteiger partial charge in [0.05, 0.1) is 18.8 Å². The summed E-state index contributed by atoms with van der Waals surface area (Å²) in [7, 11) is 3.32. The van der Waals surface area contributed by atoms with E-state index < -0.39 is 0 Å². The summed E-state index contributed by atoms with van der Waals surface area (Å²) >= 11 is 0. The molecule has 3 aromatic rings. The molecule has 1 aromatic heterocycles. The van der Waals surface area contributed by atoms with Crippen LogP contribution in [-0.2, 0) is 4.74 Å². The molecule has 1 aliphatic rings. The second kappa shape index (κ2) is 7.86. The summed E-state index contributed by atoms with van der Waals surface area (Å²) in [6, 6.07) is 17.7. The monoisotopic (exact) mass is 377 g/mol. The standard InChI is InChI=1S/C22H23N3O3/c1-27-13-7-12-25-21(15-8-4-3-5-9-15)18-19(23-24-20(18)22(25)26)16-10-6-11-17(14-16)28-2/h3-6,8-11,14,21H,7,12-13H2,1-2H3,(H,23,24)/t21-/m1/s1. The number of H-pyrrole nitrogens is 1. The summed E-state index contributed by atoms with van der Waals surface area (Å²) in [6.45, 7) is 1.23. The Labute approximate surface area is 164 Å². The molecule has 0 spiro atoms. The zero-order valence-electron chi connectivity index (χ0n) is 16.0. The minimum Gasteiger partial charge on any atom is -0.497 e. The number of ether oxygens (including phenoxy) is 2. The molecular formula is C22H23N3O3. The predicted octanol–water partition coefficient (Wildman–Crippen LogP) is 3.67. The maximum atomic E-state index is 13.1. The molecule has 2 aromatic carbocycles. The number of carbonyl (C=O) groups excluding carboxylic acids is 1. The fourth-order valence-corrected chi connectivity index (χ4v) is 3.78. The Hall–Kier alpha value is -3.12. The second-order valence-corrected chi connectivity index (χ2v) is 6.75. The molecule has 0 bridgehead atoms. The maximum Gasteiger partial charge on any atom is 0.273 e. The van der Waals surface area contributed by atoms with Gasteiger partial charge < -0.3 is 14.4 Å². The van der Waals surface area contributed by atoms with E-state index in [1.807, 2.05) is 47.4 Å². The van der Waals surface area contributed by atoms with Crippen LogP contribution in [0.1, 0.15) is 34.1 Å². The van der Waals surface area contributed by atoms with Crippen molar-refractivity contribution in [2.75, 3.05) is 27.4 Å². The van der Waals surface area contributed by atoms with E-state index in [4.69, 9.17) is 9.47 Å². The number of hydrogen-bond donors (Lipinski definition) is 1. The first-order valence-electron chi connectivity index (χ1n) is 9.32. The van der Waals surface area contributed by atoms with Crippen LogP contribution in [0.2, 0.25) is 0 Å². The third-order valence-electron chi connectivity index (χ3n) is 5.07. The molecule has 6 heteroatoms. The van der Waals surface area contributed by atoms with E-state index in [-0.39, 0.29) is 11.9 Å². The quantitative estimate of drug-likeness (QED) is 0.638. The Kier molecular flexibility index (Phi) is 5.12. The average Bonchev–Trinajstić information content (AvgIpc) is 3.28. The largest absolute Gasteiger partial charge is 0.497 e. The van der Waals surface area contributed by atoms with E-state index in [2.05, 4.69) is 22.3 Å². The van der Waals surface area contributed by atoms with Crippen molar-refractivity contribution in [1.82, 2.24) is 15.1 Å². The lowest BCUT2D eigenvalue weighted by Crippen LogP contribution is -2.31. The topological polar surface area (TPSA) is 67.5 Å². The molecule has 6 nitrogen and oxygen atoms in total. The summed E-state index contributed by atoms with van der Waals surface area (Å²) in [4.78, 5) is 15.0. The molecule has 1 atom stereocenters. The van der Waals surface area contributed by atoms with Gasteiger partial charge in [0.2, 0.25) is 0 Å². The van der Waals surface area contributed by atoms with E-state index in [0.717, 1.165) is 34.6 Å². The van der Waals surface area contributed by atoms with Gasteiger partial charge >= 0.3 is 0 Å². The van der Waals surface area contributed by atoms with Gasteiger partial charge in [0.1, 0.15) is 11.4 Å². The van der Waals surface area contributed by atoms with Crippen LogP contribution in [0.15, 0.2) is 54.6 Å². The molecule has 1 N–H and O–H groups in total. The van der Waals surface area contributed by atoms with Gasteiger partial charge in [-0.1, -0.05) is 42.5 Å². The lowest BCUT2D eigenvalue weighted by Gasteiger charge is -2.26. The first-order chi connectivity index (χ1) is 13.7. The van der Waals surface area contributed by atoms with Crippen molar-refractivity contribution in [3.05, 3.63) is 71.4 Å². The molecule has 0 unspecified atom stereocenters. The molecule has 1 aliphatic heterocycles. The number of rotatable bonds is 7. The number of aromatic amines is 1. The van der Waals surface area contributed by atoms with Gasteiger partial charge in [-0.05, 0) is 24.1 Å². The summed E-state index contributed by atoms with van der Waals surface area (Å²) in [6.07, 6.45) is 0.776. The van der Waals surface area contributed by atoms with Crippen molar-refractivity contribution in [3.8, 4) is 17.0 Å². The Morgan fingerprint density at radius 2 is 1.93 bits per heavy atom. The fourth-order valence-electron chi connectivity index (χ4n) is 3.78. The molecular weight excluding hydrogens is 354 g/mol. The molecule has 1 amide bonds. The van der Waals surface area contributed by atoms with Crippen molar-refractivity contribution in [2.45, 2.75) is 12.5 Å². The van der Waals surface area contributed by atoms with Gasteiger partial charge in [-0.25, -0.2) is 0 Å². The predicted molar refractivity (Wildman–Crippen MR) is 106 cm³/mol. The minimum absolute atomic E-state index is 0.0263. The highest BCUT2D eigenvalue weighted by Crippen LogP contribution is 2.43. The lowest BCUT2D eigenvalue weighted by molar-refractivity contribution is 0.0723. The second-order valence-electron chi connectivity index (χ2n) is 6.75. The zero-order valence-corrected chi connectivity index (χ0v) is 16.0. The van der Waals surface area contributed by atoms with Gasteiger partial charge in [0.15, 0.2) is 0 Å². The Morgan fingerprint density at radius 1 is 1.11 bits per heavy atom. The van der Waals surface area contributed by atoms with Crippen LogP contribution in [0.4, 0.5) is 0 Å². The number of amides is 1. The molecule has 0 radical (unpaired) electrons. The van der Waals surface area contributed by atoms with E-state index >= 15 is 0 Å². The number of fused-ring (bicyclic) bond motifs is 1. The molecule has 0 saturated carbocycles. The zero-order chi connectivity index (χ0) is 19.5. The Morgan fingerprint density at radius 3 is 2.68 bits per heavy atom. The Bertz CT molecular complexity index is 968. The fraction of sp³-hybridized carbons (Fsp3) is 0.273. The number of nitrogens with zero attached hydrogens (tertiary/aromatic N) is 2.